The molecule has 0 fully saturated rings. The van der Waals surface area contributed by atoms with Gasteiger partial charge in [0.15, 0.2) is 0 Å². The van der Waals surface area contributed by atoms with Crippen molar-refractivity contribution in [2.45, 2.75) is 25.8 Å². The van der Waals surface area contributed by atoms with E-state index in [0.29, 0.717) is 0 Å². The lowest BCUT2D eigenvalue weighted by Gasteiger charge is -2.13. The average Bonchev–Trinajstić information content (AvgIpc) is 2.25. The zero-order chi connectivity index (χ0) is 11.1. The van der Waals surface area contributed by atoms with E-state index in [9.17, 15) is 0 Å². The summed E-state index contributed by atoms with van der Waals surface area (Å²) in [5, 5.41) is 0.751. The van der Waals surface area contributed by atoms with Gasteiger partial charge in [0, 0.05) is 24.3 Å². The fourth-order valence-electron chi connectivity index (χ4n) is 1.48. The van der Waals surface area contributed by atoms with Crippen LogP contribution in [-0.2, 0) is 4.74 Å². The minimum Gasteiger partial charge on any atom is -0.382 e. The highest BCUT2D eigenvalue weighted by atomic mass is 35.5. The Hall–Kier alpha value is -0.570. The van der Waals surface area contributed by atoms with E-state index in [-0.39, 0.29) is 6.04 Å². The van der Waals surface area contributed by atoms with Gasteiger partial charge in [-0.05, 0) is 31.4 Å². The van der Waals surface area contributed by atoms with E-state index in [4.69, 9.17) is 22.1 Å². The highest BCUT2D eigenvalue weighted by Gasteiger charge is 2.08. The molecule has 0 saturated carbocycles. The van der Waals surface area contributed by atoms with E-state index in [1.54, 1.807) is 0 Å². The van der Waals surface area contributed by atoms with Crippen LogP contribution in [0.4, 0.5) is 0 Å². The molecule has 0 saturated heterocycles. The van der Waals surface area contributed by atoms with E-state index in [1.165, 1.54) is 0 Å². The second-order valence-corrected chi connectivity index (χ2v) is 3.87. The summed E-state index contributed by atoms with van der Waals surface area (Å²) in [5.74, 6) is 0. The van der Waals surface area contributed by atoms with Gasteiger partial charge in [-0.2, -0.15) is 0 Å². The van der Waals surface area contributed by atoms with Gasteiger partial charge in [0.25, 0.3) is 0 Å². The van der Waals surface area contributed by atoms with Gasteiger partial charge < -0.3 is 10.5 Å². The van der Waals surface area contributed by atoms with Crippen LogP contribution in [0.5, 0.6) is 0 Å². The van der Waals surface area contributed by atoms with Crippen molar-refractivity contribution in [2.75, 3.05) is 13.2 Å². The summed E-state index contributed by atoms with van der Waals surface area (Å²) < 4.78 is 5.26. The summed E-state index contributed by atoms with van der Waals surface area (Å²) in [5.41, 5.74) is 7.06. The van der Waals surface area contributed by atoms with Gasteiger partial charge in [0.2, 0.25) is 0 Å². The van der Waals surface area contributed by atoms with E-state index >= 15 is 0 Å². The second kappa shape index (κ2) is 6.83. The summed E-state index contributed by atoms with van der Waals surface area (Å²) in [6.07, 6.45) is 1.88. The summed E-state index contributed by atoms with van der Waals surface area (Å²) in [4.78, 5) is 0. The lowest BCUT2D eigenvalue weighted by molar-refractivity contribution is 0.142. The molecular formula is C12H18ClNO. The van der Waals surface area contributed by atoms with Crippen LogP contribution in [0.2, 0.25) is 5.02 Å². The first kappa shape index (κ1) is 12.5. The Morgan fingerprint density at radius 1 is 1.40 bits per heavy atom. The van der Waals surface area contributed by atoms with Crippen LogP contribution < -0.4 is 5.73 Å². The zero-order valence-corrected chi connectivity index (χ0v) is 9.83. The number of hydrogen-bond donors (Lipinski definition) is 1. The molecule has 0 radical (unpaired) electrons. The van der Waals surface area contributed by atoms with Crippen LogP contribution in [-0.4, -0.2) is 13.2 Å². The van der Waals surface area contributed by atoms with Crippen molar-refractivity contribution < 1.29 is 4.74 Å². The number of hydrogen-bond acceptors (Lipinski definition) is 2. The molecule has 2 N–H and O–H groups in total. The number of ether oxygens (including phenoxy) is 1. The molecule has 1 unspecified atom stereocenters. The molecule has 0 aliphatic heterocycles. The molecule has 0 spiro atoms. The number of nitrogens with two attached hydrogens (primary N) is 1. The van der Waals surface area contributed by atoms with E-state index in [0.717, 1.165) is 36.6 Å². The molecule has 1 rings (SSSR count). The molecule has 1 aromatic carbocycles. The third-order valence-corrected chi connectivity index (χ3v) is 2.66. The van der Waals surface area contributed by atoms with Gasteiger partial charge in [-0.25, -0.2) is 0 Å². The monoisotopic (exact) mass is 227 g/mol. The lowest BCUT2D eigenvalue weighted by Crippen LogP contribution is -2.11. The summed E-state index contributed by atoms with van der Waals surface area (Å²) in [7, 11) is 0. The van der Waals surface area contributed by atoms with E-state index in [1.807, 2.05) is 31.2 Å². The first-order chi connectivity index (χ1) is 7.25. The SMILES string of the molecule is CCOCCCC(N)c1ccccc1Cl. The van der Waals surface area contributed by atoms with Gasteiger partial charge in [0.1, 0.15) is 0 Å². The van der Waals surface area contributed by atoms with Crippen molar-refractivity contribution in [3.05, 3.63) is 34.9 Å². The standard InChI is InChI=1S/C12H18ClNO/c1-2-15-9-5-8-12(14)10-6-3-4-7-11(10)13/h3-4,6-7,12H,2,5,8-9,14H2,1H3. The summed E-state index contributed by atoms with van der Waals surface area (Å²) in [6.45, 7) is 3.53. The van der Waals surface area contributed by atoms with Gasteiger partial charge in [-0.1, -0.05) is 29.8 Å². The Balaban J connectivity index is 2.40. The molecule has 0 amide bonds. The molecule has 84 valence electrons. The van der Waals surface area contributed by atoms with Crippen molar-refractivity contribution in [3.63, 3.8) is 0 Å². The third kappa shape index (κ3) is 4.20. The third-order valence-electron chi connectivity index (χ3n) is 2.31. The van der Waals surface area contributed by atoms with Crippen LogP contribution in [0.25, 0.3) is 0 Å². The average molecular weight is 228 g/mol. The Bertz CT molecular complexity index is 291. The van der Waals surface area contributed by atoms with E-state index in [2.05, 4.69) is 0 Å². The molecule has 0 aromatic heterocycles. The molecule has 1 atom stereocenters. The Kier molecular flexibility index (Phi) is 5.69. The molecule has 0 aliphatic rings. The first-order valence-electron chi connectivity index (χ1n) is 5.33. The predicted octanol–water partition coefficient (Wildman–Crippen LogP) is 3.16. The fraction of sp³-hybridized carbons (Fsp3) is 0.500. The van der Waals surface area contributed by atoms with Crippen molar-refractivity contribution in [3.8, 4) is 0 Å². The second-order valence-electron chi connectivity index (χ2n) is 3.47. The molecule has 1 aromatic rings. The summed E-state index contributed by atoms with van der Waals surface area (Å²) in [6, 6.07) is 7.74. The first-order valence-corrected chi connectivity index (χ1v) is 5.71. The van der Waals surface area contributed by atoms with Crippen molar-refractivity contribution in [1.29, 1.82) is 0 Å². The van der Waals surface area contributed by atoms with Crippen molar-refractivity contribution >= 4 is 11.6 Å². The lowest BCUT2D eigenvalue weighted by atomic mass is 10.0. The van der Waals surface area contributed by atoms with Crippen molar-refractivity contribution in [1.82, 2.24) is 0 Å². The predicted molar refractivity (Wildman–Crippen MR) is 64.1 cm³/mol. The molecule has 0 aliphatic carbocycles. The van der Waals surface area contributed by atoms with Crippen LogP contribution in [0.15, 0.2) is 24.3 Å². The highest BCUT2D eigenvalue weighted by Crippen LogP contribution is 2.23. The van der Waals surface area contributed by atoms with Crippen LogP contribution in [0.1, 0.15) is 31.4 Å². The van der Waals surface area contributed by atoms with Gasteiger partial charge in [0.05, 0.1) is 0 Å². The number of benzene rings is 1. The normalized spacial score (nSPS) is 12.7. The zero-order valence-electron chi connectivity index (χ0n) is 9.08. The van der Waals surface area contributed by atoms with Crippen LogP contribution >= 0.6 is 11.6 Å². The maximum Gasteiger partial charge on any atom is 0.0466 e. The molecule has 0 heterocycles. The summed E-state index contributed by atoms with van der Waals surface area (Å²) >= 11 is 6.05. The quantitative estimate of drug-likeness (QED) is 0.758. The molecular weight excluding hydrogens is 210 g/mol. The van der Waals surface area contributed by atoms with Crippen LogP contribution in [0, 0.1) is 0 Å². The minimum atomic E-state index is 0.0131. The minimum absolute atomic E-state index is 0.0131. The van der Waals surface area contributed by atoms with Gasteiger partial charge in [-0.3, -0.25) is 0 Å². The topological polar surface area (TPSA) is 35.2 Å². The van der Waals surface area contributed by atoms with Gasteiger partial charge >= 0.3 is 0 Å². The van der Waals surface area contributed by atoms with E-state index < -0.39 is 0 Å². The molecule has 15 heavy (non-hydrogen) atoms. The maximum absolute atomic E-state index is 6.05. The Labute approximate surface area is 96.4 Å². The van der Waals surface area contributed by atoms with Crippen molar-refractivity contribution in [2.24, 2.45) is 5.73 Å². The maximum atomic E-state index is 6.05. The van der Waals surface area contributed by atoms with Crippen LogP contribution in [0.3, 0.4) is 0 Å². The fourth-order valence-corrected chi connectivity index (χ4v) is 1.76. The highest BCUT2D eigenvalue weighted by molar-refractivity contribution is 6.31. The Morgan fingerprint density at radius 3 is 2.80 bits per heavy atom. The number of halogens is 1. The largest absolute Gasteiger partial charge is 0.382 e. The Morgan fingerprint density at radius 2 is 2.13 bits per heavy atom. The van der Waals surface area contributed by atoms with Gasteiger partial charge in [-0.15, -0.1) is 0 Å². The molecule has 0 bridgehead atoms. The smallest absolute Gasteiger partial charge is 0.0466 e. The molecule has 2 nitrogen and oxygen atoms in total. The number of rotatable bonds is 6. The molecule has 3 heteroatoms.